The predicted molar refractivity (Wildman–Crippen MR) is 114 cm³/mol. The monoisotopic (exact) mass is 503 g/mol. The average molecular weight is 503 g/mol. The summed E-state index contributed by atoms with van der Waals surface area (Å²) in [5.41, 5.74) is 7.52. The van der Waals surface area contributed by atoms with E-state index in [0.29, 0.717) is 22.2 Å². The number of hydrogen-bond acceptors (Lipinski definition) is 5. The van der Waals surface area contributed by atoms with Gasteiger partial charge in [-0.05, 0) is 65.6 Å². The summed E-state index contributed by atoms with van der Waals surface area (Å²) in [6, 6.07) is 0. The number of aryl methyl sites for hydroxylation is 1. The molecule has 0 saturated heterocycles. The fraction of sp³-hybridized carbons (Fsp3) is 0.375. The summed E-state index contributed by atoms with van der Waals surface area (Å²) in [5, 5.41) is 10.4. The lowest BCUT2D eigenvalue weighted by molar-refractivity contribution is 0.0966. The molecule has 0 aliphatic heterocycles. The summed E-state index contributed by atoms with van der Waals surface area (Å²) in [6.07, 6.45) is 4.39. The predicted octanol–water partition coefficient (Wildman–Crippen LogP) is 2.44. The second kappa shape index (κ2) is 7.61. The van der Waals surface area contributed by atoms with E-state index in [-0.39, 0.29) is 11.0 Å². The van der Waals surface area contributed by atoms with Crippen molar-refractivity contribution in [1.82, 2.24) is 15.1 Å². The number of fused-ring (bicyclic) bond motifs is 1. The fourth-order valence-electron chi connectivity index (χ4n) is 3.06. The van der Waals surface area contributed by atoms with Gasteiger partial charge in [-0.25, -0.2) is 0 Å². The van der Waals surface area contributed by atoms with Crippen LogP contribution in [0.2, 0.25) is 0 Å². The van der Waals surface area contributed by atoms with E-state index in [1.165, 1.54) is 16.0 Å². The highest BCUT2D eigenvalue weighted by Crippen LogP contribution is 2.39. The first-order chi connectivity index (χ1) is 12.3. The maximum atomic E-state index is 12.4. The van der Waals surface area contributed by atoms with E-state index in [1.807, 2.05) is 22.6 Å². The van der Waals surface area contributed by atoms with Crippen molar-refractivity contribution in [2.24, 2.45) is 18.7 Å². The molecule has 1 aliphatic rings. The number of thiophene rings is 1. The summed E-state index contributed by atoms with van der Waals surface area (Å²) in [7, 11) is 1.69. The molecular formula is C16H18IN5O2S2. The molecule has 3 rings (SSSR count). The number of hydrogen-bond donors (Lipinski definition) is 3. The Morgan fingerprint density at radius 3 is 2.85 bits per heavy atom. The van der Waals surface area contributed by atoms with Crippen molar-refractivity contribution < 1.29 is 9.59 Å². The number of nitrogens with zero attached hydrogens (tertiary/aromatic N) is 2. The van der Waals surface area contributed by atoms with Crippen LogP contribution in [-0.4, -0.2) is 26.7 Å². The second-order valence-corrected chi connectivity index (χ2v) is 8.97. The molecule has 138 valence electrons. The second-order valence-electron chi connectivity index (χ2n) is 6.29. The highest BCUT2D eigenvalue weighted by atomic mass is 127. The number of primary amides is 1. The van der Waals surface area contributed by atoms with Gasteiger partial charge in [0.1, 0.15) is 10.7 Å². The number of anilines is 1. The van der Waals surface area contributed by atoms with Gasteiger partial charge in [-0.2, -0.15) is 5.10 Å². The fourth-order valence-corrected chi connectivity index (χ4v) is 5.46. The first-order valence-corrected chi connectivity index (χ1v) is 10.3. The van der Waals surface area contributed by atoms with Crippen molar-refractivity contribution in [2.45, 2.75) is 26.2 Å². The van der Waals surface area contributed by atoms with Crippen molar-refractivity contribution in [2.75, 3.05) is 5.32 Å². The largest absolute Gasteiger partial charge is 0.365 e. The van der Waals surface area contributed by atoms with Gasteiger partial charge in [0.15, 0.2) is 5.11 Å². The number of aromatic nitrogens is 2. The number of rotatable bonds is 3. The third kappa shape index (κ3) is 3.76. The molecular weight excluding hydrogens is 485 g/mol. The van der Waals surface area contributed by atoms with Gasteiger partial charge in [0.2, 0.25) is 0 Å². The summed E-state index contributed by atoms with van der Waals surface area (Å²) < 4.78 is 2.21. The van der Waals surface area contributed by atoms with Gasteiger partial charge in [0.25, 0.3) is 11.8 Å². The van der Waals surface area contributed by atoms with Gasteiger partial charge in [0, 0.05) is 11.9 Å². The van der Waals surface area contributed by atoms with E-state index >= 15 is 0 Å². The summed E-state index contributed by atoms with van der Waals surface area (Å²) in [4.78, 5) is 25.5. The first-order valence-electron chi connectivity index (χ1n) is 8.02. The molecule has 2 heterocycles. The van der Waals surface area contributed by atoms with Crippen LogP contribution in [0.15, 0.2) is 6.20 Å². The van der Waals surface area contributed by atoms with E-state index in [9.17, 15) is 9.59 Å². The van der Waals surface area contributed by atoms with Crippen LogP contribution in [0.4, 0.5) is 5.00 Å². The lowest BCUT2D eigenvalue weighted by Crippen LogP contribution is -2.35. The van der Waals surface area contributed by atoms with Crippen LogP contribution >= 0.6 is 46.1 Å². The van der Waals surface area contributed by atoms with Crippen molar-refractivity contribution in [3.8, 4) is 0 Å². The van der Waals surface area contributed by atoms with E-state index in [4.69, 9.17) is 18.0 Å². The number of thiocarbonyl (C=S) groups is 1. The Balaban J connectivity index is 1.79. The molecule has 4 N–H and O–H groups in total. The third-order valence-electron chi connectivity index (χ3n) is 4.32. The third-order valence-corrected chi connectivity index (χ3v) is 6.48. The standard InChI is InChI=1S/C16H18IN5O2S2/c1-7-3-4-8-10(5-7)26-15(11(8)13(18)23)21-16(25)20-14(24)12-9(17)6-19-22(12)2/h6-7H,3-5H2,1-2H3,(H2,18,23)(H2,20,21,24,25)/t7-/m1/s1. The number of amides is 2. The summed E-state index contributed by atoms with van der Waals surface area (Å²) in [6.45, 7) is 2.19. The smallest absolute Gasteiger partial charge is 0.276 e. The molecule has 0 saturated carbocycles. The number of carbonyl (C=O) groups excluding carboxylic acids is 2. The minimum absolute atomic E-state index is 0.126. The van der Waals surface area contributed by atoms with E-state index in [2.05, 4.69) is 22.7 Å². The molecule has 1 atom stereocenters. The van der Waals surface area contributed by atoms with Crippen LogP contribution in [0.5, 0.6) is 0 Å². The highest BCUT2D eigenvalue weighted by molar-refractivity contribution is 14.1. The zero-order valence-electron chi connectivity index (χ0n) is 14.3. The van der Waals surface area contributed by atoms with E-state index < -0.39 is 5.91 Å². The molecule has 2 aromatic rings. The van der Waals surface area contributed by atoms with Gasteiger partial charge < -0.3 is 11.1 Å². The Bertz CT molecular complexity index is 885. The van der Waals surface area contributed by atoms with Crippen LogP contribution in [0.3, 0.4) is 0 Å². The van der Waals surface area contributed by atoms with E-state index in [0.717, 1.165) is 33.3 Å². The van der Waals surface area contributed by atoms with Crippen LogP contribution in [-0.2, 0) is 19.9 Å². The Hall–Kier alpha value is -1.53. The first kappa shape index (κ1) is 19.2. The molecule has 0 aromatic carbocycles. The minimum atomic E-state index is -0.477. The number of carbonyl (C=O) groups is 2. The van der Waals surface area contributed by atoms with Gasteiger partial charge >= 0.3 is 0 Å². The number of nitrogens with one attached hydrogen (secondary N) is 2. The molecule has 1 aliphatic carbocycles. The van der Waals surface area contributed by atoms with Crippen LogP contribution in [0, 0.1) is 9.49 Å². The zero-order chi connectivity index (χ0) is 19.0. The molecule has 2 amide bonds. The lowest BCUT2D eigenvalue weighted by Gasteiger charge is -2.18. The molecule has 10 heteroatoms. The molecule has 7 nitrogen and oxygen atoms in total. The molecule has 26 heavy (non-hydrogen) atoms. The Morgan fingerprint density at radius 2 is 2.23 bits per heavy atom. The maximum Gasteiger partial charge on any atom is 0.276 e. The lowest BCUT2D eigenvalue weighted by atomic mass is 9.88. The molecule has 2 aromatic heterocycles. The Morgan fingerprint density at radius 1 is 1.50 bits per heavy atom. The van der Waals surface area contributed by atoms with Crippen molar-refractivity contribution in [3.63, 3.8) is 0 Å². The highest BCUT2D eigenvalue weighted by Gasteiger charge is 2.27. The average Bonchev–Trinajstić information content (AvgIpc) is 3.06. The van der Waals surface area contributed by atoms with Crippen LogP contribution < -0.4 is 16.4 Å². The number of nitrogens with two attached hydrogens (primary N) is 1. The van der Waals surface area contributed by atoms with Crippen LogP contribution in [0.1, 0.15) is 44.6 Å². The van der Waals surface area contributed by atoms with Gasteiger partial charge in [-0.3, -0.25) is 19.6 Å². The van der Waals surface area contributed by atoms with Crippen LogP contribution in [0.25, 0.3) is 0 Å². The molecule has 0 spiro atoms. The van der Waals surface area contributed by atoms with Gasteiger partial charge in [0.05, 0.1) is 15.3 Å². The van der Waals surface area contributed by atoms with E-state index in [1.54, 1.807) is 13.2 Å². The topological polar surface area (TPSA) is 102 Å². The Labute approximate surface area is 173 Å². The number of halogens is 1. The van der Waals surface area contributed by atoms with Gasteiger partial charge in [-0.1, -0.05) is 6.92 Å². The van der Waals surface area contributed by atoms with Gasteiger partial charge in [-0.15, -0.1) is 11.3 Å². The normalized spacial score (nSPS) is 16.0. The zero-order valence-corrected chi connectivity index (χ0v) is 18.0. The quantitative estimate of drug-likeness (QED) is 0.441. The summed E-state index contributed by atoms with van der Waals surface area (Å²) >= 11 is 8.79. The van der Waals surface area contributed by atoms with Crippen molar-refractivity contribution >= 4 is 68.1 Å². The van der Waals surface area contributed by atoms with Crippen molar-refractivity contribution in [3.05, 3.63) is 31.5 Å². The summed E-state index contributed by atoms with van der Waals surface area (Å²) in [5.74, 6) is -0.259. The minimum Gasteiger partial charge on any atom is -0.365 e. The molecule has 0 bridgehead atoms. The molecule has 0 unspecified atom stereocenters. The Kier molecular flexibility index (Phi) is 5.63. The van der Waals surface area contributed by atoms with Crippen molar-refractivity contribution in [1.29, 1.82) is 0 Å². The maximum absolute atomic E-state index is 12.4. The molecule has 0 radical (unpaired) electrons. The SMILES string of the molecule is C[C@@H]1CCc2c(sc(NC(=S)NC(=O)c3c(I)cnn3C)c2C(N)=O)C1. The molecule has 0 fully saturated rings.